The Balaban J connectivity index is 1.62. The molecule has 1 aliphatic rings. The highest BCUT2D eigenvalue weighted by atomic mass is 32.2. The number of carbonyl (C=O) groups is 1. The fraction of sp³-hybridized carbons (Fsp3) is 0.250. The Morgan fingerprint density at radius 3 is 2.67 bits per heavy atom. The molecule has 0 radical (unpaired) electrons. The number of halogens is 1. The number of pyridine rings is 1. The first-order valence-corrected chi connectivity index (χ1v) is 9.23. The van der Waals surface area contributed by atoms with Crippen LogP contribution in [-0.2, 0) is 9.84 Å². The van der Waals surface area contributed by atoms with E-state index in [9.17, 15) is 17.6 Å². The van der Waals surface area contributed by atoms with Crippen LogP contribution >= 0.6 is 0 Å². The van der Waals surface area contributed by atoms with Crippen LogP contribution < -0.4 is 10.6 Å². The summed E-state index contributed by atoms with van der Waals surface area (Å²) >= 11 is 0. The van der Waals surface area contributed by atoms with Gasteiger partial charge in [0.2, 0.25) is 0 Å². The molecule has 2 aromatic rings. The van der Waals surface area contributed by atoms with Crippen molar-refractivity contribution in [2.45, 2.75) is 12.5 Å². The van der Waals surface area contributed by atoms with Crippen LogP contribution in [0.15, 0.2) is 42.6 Å². The number of carbonyl (C=O) groups excluding carboxylic acids is 1. The van der Waals surface area contributed by atoms with Gasteiger partial charge in [-0.3, -0.25) is 4.79 Å². The number of nitrogens with zero attached hydrogens (tertiary/aromatic N) is 1. The molecule has 1 aliphatic heterocycles. The highest BCUT2D eigenvalue weighted by Gasteiger charge is 2.29. The first-order chi connectivity index (χ1) is 11.4. The van der Waals surface area contributed by atoms with Gasteiger partial charge in [0.25, 0.3) is 5.91 Å². The number of anilines is 2. The quantitative estimate of drug-likeness (QED) is 0.880. The maximum atomic E-state index is 13.1. The van der Waals surface area contributed by atoms with Gasteiger partial charge in [-0.25, -0.2) is 17.8 Å². The third-order valence-corrected chi connectivity index (χ3v) is 5.45. The van der Waals surface area contributed by atoms with E-state index in [4.69, 9.17) is 0 Å². The lowest BCUT2D eigenvalue weighted by Crippen LogP contribution is -2.36. The molecule has 126 valence electrons. The lowest BCUT2D eigenvalue weighted by atomic mass is 10.2. The Kier molecular flexibility index (Phi) is 4.48. The smallest absolute Gasteiger partial charge is 0.270 e. The Bertz CT molecular complexity index is 853. The van der Waals surface area contributed by atoms with Crippen LogP contribution in [0.4, 0.5) is 15.8 Å². The highest BCUT2D eigenvalue weighted by Crippen LogP contribution is 2.17. The summed E-state index contributed by atoms with van der Waals surface area (Å²) in [7, 11) is -3.04. The normalized spacial score (nSPS) is 19.0. The number of nitrogens with one attached hydrogen (secondary N) is 2. The third kappa shape index (κ3) is 4.08. The standard InChI is InChI=1S/C16H16FN3O3S/c17-11-2-1-3-12(8-11)19-13-4-5-15(18-9-13)16(21)20-14-6-7-24(22,23)10-14/h1-5,8-9,14,19H,6-7,10H2,(H,20,21). The van der Waals surface area contributed by atoms with Crippen LogP contribution in [0.5, 0.6) is 0 Å². The van der Waals surface area contributed by atoms with Gasteiger partial charge >= 0.3 is 0 Å². The van der Waals surface area contributed by atoms with E-state index in [-0.39, 0.29) is 29.1 Å². The van der Waals surface area contributed by atoms with E-state index in [0.29, 0.717) is 17.8 Å². The molecule has 2 heterocycles. The molecular weight excluding hydrogens is 333 g/mol. The molecule has 1 fully saturated rings. The van der Waals surface area contributed by atoms with Crippen molar-refractivity contribution < 1.29 is 17.6 Å². The number of sulfone groups is 1. The van der Waals surface area contributed by atoms with Crippen LogP contribution in [0.2, 0.25) is 0 Å². The lowest BCUT2D eigenvalue weighted by molar-refractivity contribution is 0.0936. The molecule has 6 nitrogen and oxygen atoms in total. The van der Waals surface area contributed by atoms with Gasteiger partial charge < -0.3 is 10.6 Å². The molecule has 1 aromatic carbocycles. The topological polar surface area (TPSA) is 88.2 Å². The third-order valence-electron chi connectivity index (χ3n) is 3.68. The maximum Gasteiger partial charge on any atom is 0.270 e. The van der Waals surface area contributed by atoms with Crippen molar-refractivity contribution in [1.82, 2.24) is 10.3 Å². The van der Waals surface area contributed by atoms with E-state index in [2.05, 4.69) is 15.6 Å². The second kappa shape index (κ2) is 6.56. The van der Waals surface area contributed by atoms with E-state index >= 15 is 0 Å². The molecule has 1 amide bonds. The second-order valence-electron chi connectivity index (χ2n) is 5.64. The van der Waals surface area contributed by atoms with Crippen molar-refractivity contribution in [3.05, 3.63) is 54.1 Å². The molecular formula is C16H16FN3O3S. The molecule has 8 heteroatoms. The first kappa shape index (κ1) is 16.4. The van der Waals surface area contributed by atoms with Crippen molar-refractivity contribution in [3.8, 4) is 0 Å². The lowest BCUT2D eigenvalue weighted by Gasteiger charge is -2.11. The molecule has 1 saturated heterocycles. The van der Waals surface area contributed by atoms with Crippen LogP contribution in [0, 0.1) is 5.82 Å². The van der Waals surface area contributed by atoms with Crippen LogP contribution in [-0.4, -0.2) is 36.9 Å². The Morgan fingerprint density at radius 2 is 2.04 bits per heavy atom. The van der Waals surface area contributed by atoms with Gasteiger partial charge in [-0.1, -0.05) is 6.07 Å². The molecule has 0 bridgehead atoms. The van der Waals surface area contributed by atoms with Gasteiger partial charge in [-0.05, 0) is 36.8 Å². The van der Waals surface area contributed by atoms with E-state index < -0.39 is 15.7 Å². The summed E-state index contributed by atoms with van der Waals surface area (Å²) in [4.78, 5) is 16.1. The predicted octanol–water partition coefficient (Wildman–Crippen LogP) is 1.88. The number of rotatable bonds is 4. The minimum Gasteiger partial charge on any atom is -0.354 e. The second-order valence-corrected chi connectivity index (χ2v) is 7.87. The summed E-state index contributed by atoms with van der Waals surface area (Å²) in [6, 6.07) is 8.81. The van der Waals surface area contributed by atoms with Gasteiger partial charge in [0.1, 0.15) is 11.5 Å². The summed E-state index contributed by atoms with van der Waals surface area (Å²) in [5.41, 5.74) is 1.38. The number of hydrogen-bond donors (Lipinski definition) is 2. The van der Waals surface area contributed by atoms with E-state index in [1.54, 1.807) is 18.2 Å². The molecule has 0 saturated carbocycles. The van der Waals surface area contributed by atoms with Crippen molar-refractivity contribution in [1.29, 1.82) is 0 Å². The Hall–Kier alpha value is -2.48. The van der Waals surface area contributed by atoms with Crippen LogP contribution in [0.1, 0.15) is 16.9 Å². The predicted molar refractivity (Wildman–Crippen MR) is 88.4 cm³/mol. The maximum absolute atomic E-state index is 13.1. The average molecular weight is 349 g/mol. The number of benzene rings is 1. The molecule has 2 N–H and O–H groups in total. The molecule has 0 aliphatic carbocycles. The van der Waals surface area contributed by atoms with Crippen molar-refractivity contribution >= 4 is 27.1 Å². The molecule has 24 heavy (non-hydrogen) atoms. The molecule has 1 unspecified atom stereocenters. The van der Waals surface area contributed by atoms with Gasteiger partial charge in [0.05, 0.1) is 23.4 Å². The number of hydrogen-bond acceptors (Lipinski definition) is 5. The zero-order valence-corrected chi connectivity index (χ0v) is 13.5. The van der Waals surface area contributed by atoms with Gasteiger partial charge in [-0.2, -0.15) is 0 Å². The van der Waals surface area contributed by atoms with E-state index in [1.165, 1.54) is 24.4 Å². The van der Waals surface area contributed by atoms with Crippen LogP contribution in [0.3, 0.4) is 0 Å². The fourth-order valence-electron chi connectivity index (χ4n) is 2.50. The highest BCUT2D eigenvalue weighted by molar-refractivity contribution is 7.91. The minimum absolute atomic E-state index is 0.0298. The molecule has 3 rings (SSSR count). The Morgan fingerprint density at radius 1 is 1.21 bits per heavy atom. The number of aromatic nitrogens is 1. The van der Waals surface area contributed by atoms with Crippen LogP contribution in [0.25, 0.3) is 0 Å². The first-order valence-electron chi connectivity index (χ1n) is 7.41. The Labute approximate surface area is 139 Å². The van der Waals surface area contributed by atoms with Gasteiger partial charge in [0, 0.05) is 11.7 Å². The summed E-state index contributed by atoms with van der Waals surface area (Å²) < 4.78 is 35.9. The van der Waals surface area contributed by atoms with Gasteiger partial charge in [0.15, 0.2) is 9.84 Å². The summed E-state index contributed by atoms with van der Waals surface area (Å²) in [6.07, 6.45) is 1.89. The summed E-state index contributed by atoms with van der Waals surface area (Å²) in [6.45, 7) is 0. The van der Waals surface area contributed by atoms with Crippen molar-refractivity contribution in [2.75, 3.05) is 16.8 Å². The average Bonchev–Trinajstić information content (AvgIpc) is 2.87. The van der Waals surface area contributed by atoms with E-state index in [0.717, 1.165) is 0 Å². The largest absolute Gasteiger partial charge is 0.354 e. The SMILES string of the molecule is O=C(NC1CCS(=O)(=O)C1)c1ccc(Nc2cccc(F)c2)cn1. The minimum atomic E-state index is -3.04. The zero-order chi connectivity index (χ0) is 17.2. The van der Waals surface area contributed by atoms with E-state index in [1.807, 2.05) is 0 Å². The molecule has 1 aromatic heterocycles. The summed E-state index contributed by atoms with van der Waals surface area (Å²) in [5, 5.41) is 5.66. The fourth-order valence-corrected chi connectivity index (χ4v) is 4.18. The molecule has 1 atom stereocenters. The van der Waals surface area contributed by atoms with Gasteiger partial charge in [-0.15, -0.1) is 0 Å². The van der Waals surface area contributed by atoms with Crippen molar-refractivity contribution in [2.24, 2.45) is 0 Å². The van der Waals surface area contributed by atoms with Crippen molar-refractivity contribution in [3.63, 3.8) is 0 Å². The zero-order valence-electron chi connectivity index (χ0n) is 12.7. The monoisotopic (exact) mass is 349 g/mol. The number of amides is 1. The summed E-state index contributed by atoms with van der Waals surface area (Å²) in [5.74, 6) is -0.690. The molecule has 0 spiro atoms.